The van der Waals surface area contributed by atoms with Gasteiger partial charge >= 0.3 is 24.1 Å². The van der Waals surface area contributed by atoms with Gasteiger partial charge in [-0.2, -0.15) is 0 Å². The minimum Gasteiger partial charge on any atom is -0.458 e. The number of carbonyl (C=O) groups is 7. The van der Waals surface area contributed by atoms with Gasteiger partial charge in [0.25, 0.3) is 5.91 Å². The van der Waals surface area contributed by atoms with Crippen LogP contribution in [0.25, 0.3) is 0 Å². The number of nitrogens with one attached hydrogen (secondary N) is 2. The molecule has 2 atom stereocenters. The molecule has 2 aliphatic rings. The van der Waals surface area contributed by atoms with Crippen LogP contribution < -0.4 is 10.6 Å². The van der Waals surface area contributed by atoms with Crippen LogP contribution in [0.4, 0.5) is 9.59 Å². The third-order valence-corrected chi connectivity index (χ3v) is 5.26. The van der Waals surface area contributed by atoms with E-state index in [1.165, 1.54) is 0 Å². The molecule has 0 aliphatic carbocycles. The van der Waals surface area contributed by atoms with Gasteiger partial charge in [-0.1, -0.05) is 30.3 Å². The van der Waals surface area contributed by atoms with E-state index in [0.717, 1.165) is 0 Å². The molecule has 1 aromatic carbocycles. The van der Waals surface area contributed by atoms with E-state index in [9.17, 15) is 33.6 Å². The Kier molecular flexibility index (Phi) is 8.65. The van der Waals surface area contributed by atoms with Gasteiger partial charge in [-0.05, 0) is 26.3 Å². The molecular formula is C24H28N4O10. The van der Waals surface area contributed by atoms with E-state index in [1.54, 1.807) is 51.1 Å². The first-order valence-electron chi connectivity index (χ1n) is 11.7. The summed E-state index contributed by atoms with van der Waals surface area (Å²) in [7, 11) is 0. The summed E-state index contributed by atoms with van der Waals surface area (Å²) in [6.45, 7) is 3.81. The van der Waals surface area contributed by atoms with Gasteiger partial charge in [0.2, 0.25) is 5.91 Å². The number of amides is 5. The number of benzene rings is 1. The number of alkyl carbamates (subject to hydrolysis) is 1. The Hall–Kier alpha value is -4.49. The first-order valence-corrected chi connectivity index (χ1v) is 11.7. The zero-order chi connectivity index (χ0) is 28.0. The van der Waals surface area contributed by atoms with E-state index in [0.29, 0.717) is 15.5 Å². The fraction of sp³-hybridized carbons (Fsp3) is 0.458. The number of hydroxylamine groups is 2. The maximum atomic E-state index is 12.7. The van der Waals surface area contributed by atoms with Gasteiger partial charge in [-0.15, -0.1) is 5.06 Å². The second-order valence-electron chi connectivity index (χ2n) is 9.51. The maximum Gasteiger partial charge on any atom is 0.408 e. The fourth-order valence-corrected chi connectivity index (χ4v) is 3.57. The van der Waals surface area contributed by atoms with Crippen molar-refractivity contribution in [3.63, 3.8) is 0 Å². The van der Waals surface area contributed by atoms with Crippen molar-refractivity contribution in [1.82, 2.24) is 20.6 Å². The lowest BCUT2D eigenvalue weighted by Gasteiger charge is -2.25. The topological polar surface area (TPSA) is 178 Å². The molecule has 0 saturated carbocycles. The Balaban J connectivity index is 1.59. The summed E-state index contributed by atoms with van der Waals surface area (Å²) >= 11 is 0. The predicted molar refractivity (Wildman–Crippen MR) is 125 cm³/mol. The zero-order valence-corrected chi connectivity index (χ0v) is 21.1. The lowest BCUT2D eigenvalue weighted by Crippen LogP contribution is -2.51. The zero-order valence-electron chi connectivity index (χ0n) is 21.1. The maximum absolute atomic E-state index is 12.7. The number of urea groups is 1. The normalized spacial score (nSPS) is 17.8. The van der Waals surface area contributed by atoms with Crippen LogP contribution in [0.5, 0.6) is 0 Å². The molecule has 2 N–H and O–H groups in total. The third-order valence-electron chi connectivity index (χ3n) is 5.26. The Morgan fingerprint density at radius 1 is 1.11 bits per heavy atom. The fourth-order valence-electron chi connectivity index (χ4n) is 3.57. The van der Waals surface area contributed by atoms with Gasteiger partial charge in [0.05, 0.1) is 12.8 Å². The van der Waals surface area contributed by atoms with Crippen molar-refractivity contribution in [3.05, 3.63) is 35.9 Å². The molecule has 14 heteroatoms. The molecule has 0 aromatic heterocycles. The van der Waals surface area contributed by atoms with Crippen molar-refractivity contribution in [2.75, 3.05) is 13.1 Å². The number of fused-ring (bicyclic) bond motifs is 2. The molecule has 2 aliphatic heterocycles. The van der Waals surface area contributed by atoms with Crippen molar-refractivity contribution in [2.24, 2.45) is 0 Å². The minimum absolute atomic E-state index is 0.0657. The minimum atomic E-state index is -1.51. The number of hydrogen-bond donors (Lipinski definition) is 2. The van der Waals surface area contributed by atoms with Crippen LogP contribution >= 0.6 is 0 Å². The van der Waals surface area contributed by atoms with Gasteiger partial charge in [-0.3, -0.25) is 14.4 Å². The highest BCUT2D eigenvalue weighted by Crippen LogP contribution is 2.23. The van der Waals surface area contributed by atoms with Gasteiger partial charge < -0.3 is 24.9 Å². The molecule has 204 valence electrons. The van der Waals surface area contributed by atoms with Crippen LogP contribution in [0, 0.1) is 0 Å². The Bertz CT molecular complexity index is 1130. The molecule has 14 nitrogen and oxygen atoms in total. The van der Waals surface area contributed by atoms with Crippen LogP contribution in [0.15, 0.2) is 30.3 Å². The Morgan fingerprint density at radius 3 is 2.45 bits per heavy atom. The van der Waals surface area contributed by atoms with E-state index < -0.39 is 85.3 Å². The number of imide groups is 1. The lowest BCUT2D eigenvalue weighted by molar-refractivity contribution is -0.174. The highest BCUT2D eigenvalue weighted by molar-refractivity contribution is 6.10. The van der Waals surface area contributed by atoms with Crippen LogP contribution in [0.3, 0.4) is 0 Å². The van der Waals surface area contributed by atoms with E-state index in [4.69, 9.17) is 14.3 Å². The van der Waals surface area contributed by atoms with Gasteiger partial charge in [0.15, 0.2) is 5.78 Å². The first-order chi connectivity index (χ1) is 17.8. The second-order valence-corrected chi connectivity index (χ2v) is 9.51. The number of esters is 1. The summed E-state index contributed by atoms with van der Waals surface area (Å²) in [5, 5.41) is 5.22. The molecule has 5 amide bonds. The van der Waals surface area contributed by atoms with Crippen LogP contribution in [-0.4, -0.2) is 82.4 Å². The monoisotopic (exact) mass is 532 g/mol. The van der Waals surface area contributed by atoms with Crippen molar-refractivity contribution in [3.8, 4) is 0 Å². The molecule has 0 spiro atoms. The Labute approximate surface area is 217 Å². The molecular weight excluding hydrogens is 504 g/mol. The quantitative estimate of drug-likeness (QED) is 0.253. The molecule has 0 unspecified atom stereocenters. The molecule has 2 bridgehead atoms. The van der Waals surface area contributed by atoms with E-state index in [1.807, 2.05) is 0 Å². The third kappa shape index (κ3) is 7.51. The van der Waals surface area contributed by atoms with Gasteiger partial charge in [0.1, 0.15) is 30.8 Å². The second kappa shape index (κ2) is 11.7. The van der Waals surface area contributed by atoms with Gasteiger partial charge in [-0.25, -0.2) is 24.1 Å². The smallest absolute Gasteiger partial charge is 0.408 e. The van der Waals surface area contributed by atoms with E-state index >= 15 is 0 Å². The standard InChI is InChI=1S/C24H28N4O10/c1-24(2,3)37-21(33)15(26-22(34)36-13-14-7-5-4-6-8-14)11-25-18(30)10-17(29)16-9-20(32)38-27-12-19(31)28(16)23(27)35/h4-8,15-16H,9-13H2,1-3H3,(H,25,30)(H,26,34)/t15-,16-/m0/s1. The molecule has 2 heterocycles. The Morgan fingerprint density at radius 2 is 1.79 bits per heavy atom. The highest BCUT2D eigenvalue weighted by atomic mass is 16.7. The summed E-state index contributed by atoms with van der Waals surface area (Å²) in [4.78, 5) is 91.7. The highest BCUT2D eigenvalue weighted by Gasteiger charge is 2.49. The number of ether oxygens (including phenoxy) is 2. The van der Waals surface area contributed by atoms with E-state index in [-0.39, 0.29) is 6.61 Å². The molecule has 2 fully saturated rings. The van der Waals surface area contributed by atoms with Crippen molar-refractivity contribution >= 4 is 41.7 Å². The first kappa shape index (κ1) is 28.1. The van der Waals surface area contributed by atoms with Crippen LogP contribution in [0.2, 0.25) is 0 Å². The SMILES string of the molecule is CC(C)(C)OC(=O)[C@H](CNC(=O)CC(=O)[C@@H]1CC(=O)ON2CC(=O)N1C2=O)NC(=O)OCc1ccccc1. The number of nitrogens with zero attached hydrogens (tertiary/aromatic N) is 2. The summed E-state index contributed by atoms with van der Waals surface area (Å²) in [5.41, 5.74) is -0.189. The molecule has 38 heavy (non-hydrogen) atoms. The molecule has 2 saturated heterocycles. The van der Waals surface area contributed by atoms with Crippen molar-refractivity contribution in [2.45, 2.75) is 57.9 Å². The summed E-state index contributed by atoms with van der Waals surface area (Å²) in [6, 6.07) is 4.97. The van der Waals surface area contributed by atoms with E-state index in [2.05, 4.69) is 10.6 Å². The van der Waals surface area contributed by atoms with Crippen molar-refractivity contribution in [1.29, 1.82) is 0 Å². The number of rotatable bonds is 9. The number of ketones is 1. The summed E-state index contributed by atoms with van der Waals surface area (Å²) < 4.78 is 10.4. The summed E-state index contributed by atoms with van der Waals surface area (Å²) in [5.74, 6) is -4.27. The van der Waals surface area contributed by atoms with Crippen LogP contribution in [-0.2, 0) is 44.9 Å². The molecule has 0 radical (unpaired) electrons. The van der Waals surface area contributed by atoms with Gasteiger partial charge in [0, 0.05) is 6.54 Å². The largest absolute Gasteiger partial charge is 0.458 e. The number of hydrogen-bond acceptors (Lipinski definition) is 10. The average Bonchev–Trinajstić information content (AvgIpc) is 3.02. The predicted octanol–water partition coefficient (Wildman–Crippen LogP) is 0.193. The number of carbonyl (C=O) groups excluding carboxylic acids is 7. The molecule has 1 aromatic rings. The van der Waals surface area contributed by atoms with Crippen LogP contribution in [0.1, 0.15) is 39.2 Å². The van der Waals surface area contributed by atoms with Crippen molar-refractivity contribution < 1.29 is 47.9 Å². The average molecular weight is 533 g/mol. The number of Topliss-reactive ketones (excluding diaryl/α,β-unsaturated/α-hetero) is 1. The lowest BCUT2D eigenvalue weighted by atomic mass is 10.0. The summed E-state index contributed by atoms with van der Waals surface area (Å²) in [6.07, 6.45) is -2.35. The molecule has 3 rings (SSSR count).